The molecule has 1 aliphatic carbocycles. The second-order valence-electron chi connectivity index (χ2n) is 3.34. The van der Waals surface area contributed by atoms with E-state index in [4.69, 9.17) is 0 Å². The fraction of sp³-hybridized carbons (Fsp3) is 0.600. The third kappa shape index (κ3) is 3.40. The van der Waals surface area contributed by atoms with E-state index in [9.17, 15) is 0 Å². The van der Waals surface area contributed by atoms with Crippen molar-refractivity contribution in [2.45, 2.75) is 34.6 Å². The van der Waals surface area contributed by atoms with E-state index in [2.05, 4.69) is 34.6 Å². The molecule has 1 rings (SSSR count). The number of hydrogen-bond acceptors (Lipinski definition) is 0. The van der Waals surface area contributed by atoms with Crippen molar-refractivity contribution in [1.29, 1.82) is 0 Å². The maximum absolute atomic E-state index is 2.28. The van der Waals surface area contributed by atoms with Crippen molar-refractivity contribution in [3.63, 3.8) is 0 Å². The number of allylic oxidation sites excluding steroid dienone is 4. The van der Waals surface area contributed by atoms with E-state index in [1.165, 1.54) is 11.1 Å². The number of rotatable bonds is 0. The normalized spacial score (nSPS) is 16.4. The fourth-order valence-corrected chi connectivity index (χ4v) is 1.57. The summed E-state index contributed by atoms with van der Waals surface area (Å²) in [6, 6.07) is 0. The van der Waals surface area contributed by atoms with Gasteiger partial charge in [-0.25, -0.2) is 0 Å². The number of hydrogen-bond donors (Lipinski definition) is 0. The summed E-state index contributed by atoms with van der Waals surface area (Å²) in [5.74, 6) is 0.694. The van der Waals surface area contributed by atoms with Crippen molar-refractivity contribution in [3.05, 3.63) is 22.3 Å². The molecule has 0 N–H and O–H groups in total. The Morgan fingerprint density at radius 2 is 1.00 bits per heavy atom. The first-order chi connectivity index (χ1) is 4.55. The van der Waals surface area contributed by atoms with Crippen LogP contribution in [0.3, 0.4) is 0 Å². The summed E-state index contributed by atoms with van der Waals surface area (Å²) in [6.45, 7) is 11.2. The second kappa shape index (κ2) is 7.06. The summed E-state index contributed by atoms with van der Waals surface area (Å²) in [4.78, 5) is 0. The molecule has 0 aromatic heterocycles. The zero-order valence-electron chi connectivity index (χ0n) is 8.67. The molecular formula is C10H16Cl2Ir. The summed E-state index contributed by atoms with van der Waals surface area (Å²) < 4.78 is 0. The van der Waals surface area contributed by atoms with Gasteiger partial charge in [0.2, 0.25) is 0 Å². The maximum Gasteiger partial charge on any atom is 2.00 e. The van der Waals surface area contributed by atoms with Crippen molar-refractivity contribution >= 4 is 0 Å². The van der Waals surface area contributed by atoms with Gasteiger partial charge in [-0.3, -0.25) is 0 Å². The molecule has 3 heteroatoms. The van der Waals surface area contributed by atoms with Crippen LogP contribution in [-0.2, 0) is 20.1 Å². The molecule has 79 valence electrons. The van der Waals surface area contributed by atoms with Crippen LogP contribution in [0.25, 0.3) is 0 Å². The monoisotopic (exact) mass is 399 g/mol. The SMILES string of the molecule is CC1=C(C)C(C)C(C)=C1C.[Cl-].[Cl-].[Ir+2]. The first-order valence-corrected chi connectivity index (χ1v) is 3.90. The smallest absolute Gasteiger partial charge is 1.00 e. The van der Waals surface area contributed by atoms with Crippen LogP contribution in [0, 0.1) is 5.92 Å². The standard InChI is InChI=1S/C10H16.2ClH.Ir/c1-6-7(2)9(4)10(5)8(6)3;;;/h6H,1-5H3;2*1H;/q;;;+2/p-2. The second-order valence-corrected chi connectivity index (χ2v) is 3.34. The first kappa shape index (κ1) is 19.3. The quantitative estimate of drug-likeness (QED) is 0.417. The van der Waals surface area contributed by atoms with Gasteiger partial charge in [0.1, 0.15) is 0 Å². The molecule has 0 spiro atoms. The zero-order chi connectivity index (χ0) is 7.89. The Morgan fingerprint density at radius 1 is 0.769 bits per heavy atom. The largest absolute Gasteiger partial charge is 2.00 e. The Bertz CT molecular complexity index is 205. The summed E-state index contributed by atoms with van der Waals surface area (Å²) in [5, 5.41) is 0. The van der Waals surface area contributed by atoms with Crippen molar-refractivity contribution in [2.24, 2.45) is 5.92 Å². The van der Waals surface area contributed by atoms with Gasteiger partial charge >= 0.3 is 20.1 Å². The molecule has 0 bridgehead atoms. The van der Waals surface area contributed by atoms with E-state index in [1.807, 2.05) is 0 Å². The van der Waals surface area contributed by atoms with E-state index in [0.717, 1.165) is 0 Å². The first-order valence-electron chi connectivity index (χ1n) is 3.90. The molecule has 0 nitrogen and oxygen atoms in total. The predicted molar refractivity (Wildman–Crippen MR) is 45.9 cm³/mol. The van der Waals surface area contributed by atoms with Gasteiger partial charge in [0.25, 0.3) is 0 Å². The van der Waals surface area contributed by atoms with Gasteiger partial charge in [0.05, 0.1) is 0 Å². The van der Waals surface area contributed by atoms with Gasteiger partial charge in [-0.15, -0.1) is 0 Å². The molecule has 1 aliphatic rings. The van der Waals surface area contributed by atoms with Crippen LogP contribution >= 0.6 is 0 Å². The summed E-state index contributed by atoms with van der Waals surface area (Å²) in [6.07, 6.45) is 0. The molecule has 0 unspecified atom stereocenters. The van der Waals surface area contributed by atoms with Gasteiger partial charge in [-0.2, -0.15) is 0 Å². The summed E-state index contributed by atoms with van der Waals surface area (Å²) in [5.41, 5.74) is 6.11. The molecule has 0 aromatic carbocycles. The average molecular weight is 399 g/mol. The Hall–Kier alpha value is 0.709. The zero-order valence-corrected chi connectivity index (χ0v) is 12.6. The van der Waals surface area contributed by atoms with E-state index >= 15 is 0 Å². The molecule has 0 saturated carbocycles. The van der Waals surface area contributed by atoms with Gasteiger partial charge in [-0.1, -0.05) is 18.1 Å². The summed E-state index contributed by atoms with van der Waals surface area (Å²) >= 11 is 0. The predicted octanol–water partition coefficient (Wildman–Crippen LogP) is -2.69. The fourth-order valence-electron chi connectivity index (χ4n) is 1.57. The van der Waals surface area contributed by atoms with Crippen LogP contribution in [-0.4, -0.2) is 0 Å². The van der Waals surface area contributed by atoms with Crippen molar-refractivity contribution in [1.82, 2.24) is 0 Å². The van der Waals surface area contributed by atoms with Crippen LogP contribution in [0.1, 0.15) is 34.6 Å². The average Bonchev–Trinajstić information content (AvgIpc) is 2.07. The van der Waals surface area contributed by atoms with Crippen molar-refractivity contribution in [3.8, 4) is 0 Å². The Morgan fingerprint density at radius 3 is 1.08 bits per heavy atom. The Balaban J connectivity index is -0.000000333. The molecule has 0 aromatic rings. The molecule has 0 saturated heterocycles. The third-order valence-corrected chi connectivity index (χ3v) is 3.04. The minimum atomic E-state index is 0. The Kier molecular flexibility index (Phi) is 10.5. The molecule has 0 aliphatic heterocycles. The van der Waals surface area contributed by atoms with Crippen molar-refractivity contribution in [2.75, 3.05) is 0 Å². The minimum absolute atomic E-state index is 0. The van der Waals surface area contributed by atoms with Gasteiger partial charge in [0.15, 0.2) is 0 Å². The molecule has 0 atom stereocenters. The van der Waals surface area contributed by atoms with E-state index < -0.39 is 0 Å². The topological polar surface area (TPSA) is 0 Å². The molecule has 0 fully saturated rings. The van der Waals surface area contributed by atoms with E-state index in [0.29, 0.717) is 5.92 Å². The van der Waals surface area contributed by atoms with E-state index in [-0.39, 0.29) is 44.9 Å². The van der Waals surface area contributed by atoms with Gasteiger partial charge in [0, 0.05) is 0 Å². The van der Waals surface area contributed by atoms with Crippen LogP contribution in [0.5, 0.6) is 0 Å². The van der Waals surface area contributed by atoms with Crippen LogP contribution in [0.4, 0.5) is 0 Å². The third-order valence-electron chi connectivity index (χ3n) is 3.04. The van der Waals surface area contributed by atoms with Crippen LogP contribution in [0.2, 0.25) is 0 Å². The van der Waals surface area contributed by atoms with Crippen LogP contribution < -0.4 is 24.8 Å². The van der Waals surface area contributed by atoms with Crippen LogP contribution in [0.15, 0.2) is 22.3 Å². The van der Waals surface area contributed by atoms with E-state index in [1.54, 1.807) is 11.1 Å². The molecule has 0 amide bonds. The molecular weight excluding hydrogens is 383 g/mol. The molecule has 1 radical (unpaired) electrons. The molecule has 13 heavy (non-hydrogen) atoms. The Labute approximate surface area is 107 Å². The maximum atomic E-state index is 2.28. The molecule has 0 heterocycles. The van der Waals surface area contributed by atoms with Crippen molar-refractivity contribution < 1.29 is 44.9 Å². The number of halogens is 2. The minimum Gasteiger partial charge on any atom is -1.00 e. The summed E-state index contributed by atoms with van der Waals surface area (Å²) in [7, 11) is 0. The van der Waals surface area contributed by atoms with Gasteiger partial charge in [-0.05, 0) is 44.8 Å². The van der Waals surface area contributed by atoms with Gasteiger partial charge < -0.3 is 24.8 Å².